The van der Waals surface area contributed by atoms with Gasteiger partial charge in [0.15, 0.2) is 0 Å². The predicted molar refractivity (Wildman–Crippen MR) is 85.0 cm³/mol. The number of amides is 1. The third-order valence-electron chi connectivity index (χ3n) is 3.23. The van der Waals surface area contributed by atoms with Crippen LogP contribution in [0.15, 0.2) is 18.2 Å². The summed E-state index contributed by atoms with van der Waals surface area (Å²) in [7, 11) is 0. The molecule has 0 fully saturated rings. The number of nitrogens with one attached hydrogen (secondary N) is 1. The Hall–Kier alpha value is -0.830. The summed E-state index contributed by atoms with van der Waals surface area (Å²) in [6.45, 7) is 10.5. The minimum Gasteiger partial charge on any atom is -0.349 e. The standard InChI is InChI=1S/C16H24BrNO/c1-11-8-12(2)10-13(9-11)15(19)18-14(6-7-17)16(3,4)5/h8-10,14H,6-7H2,1-5H3,(H,18,19). The average Bonchev–Trinajstić information content (AvgIpc) is 2.25. The van der Waals surface area contributed by atoms with Crippen molar-refractivity contribution in [3.63, 3.8) is 0 Å². The quantitative estimate of drug-likeness (QED) is 0.824. The molecule has 0 aliphatic heterocycles. The van der Waals surface area contributed by atoms with Crippen LogP contribution in [-0.4, -0.2) is 17.3 Å². The second-order valence-electron chi connectivity index (χ2n) is 6.25. The summed E-state index contributed by atoms with van der Waals surface area (Å²) in [5.74, 6) is 0.0210. The average molecular weight is 326 g/mol. The SMILES string of the molecule is Cc1cc(C)cc(C(=O)NC(CCBr)C(C)(C)C)c1. The van der Waals surface area contributed by atoms with E-state index in [-0.39, 0.29) is 17.4 Å². The molecule has 0 aliphatic rings. The molecule has 2 nitrogen and oxygen atoms in total. The van der Waals surface area contributed by atoms with Gasteiger partial charge in [-0.15, -0.1) is 0 Å². The summed E-state index contributed by atoms with van der Waals surface area (Å²) in [6.07, 6.45) is 0.931. The molecule has 0 saturated heterocycles. The van der Waals surface area contributed by atoms with E-state index < -0.39 is 0 Å². The highest BCUT2D eigenvalue weighted by Crippen LogP contribution is 2.23. The Morgan fingerprint density at radius 2 is 1.74 bits per heavy atom. The molecule has 0 bridgehead atoms. The third kappa shape index (κ3) is 4.98. The van der Waals surface area contributed by atoms with E-state index >= 15 is 0 Å². The second kappa shape index (κ2) is 6.56. The fourth-order valence-electron chi connectivity index (χ4n) is 2.18. The van der Waals surface area contributed by atoms with Crippen molar-refractivity contribution in [1.29, 1.82) is 0 Å². The lowest BCUT2D eigenvalue weighted by Gasteiger charge is -2.31. The first kappa shape index (κ1) is 16.2. The van der Waals surface area contributed by atoms with Crippen LogP contribution in [-0.2, 0) is 0 Å². The Labute approximate surface area is 125 Å². The number of alkyl halides is 1. The summed E-state index contributed by atoms with van der Waals surface area (Å²) < 4.78 is 0. The number of halogens is 1. The van der Waals surface area contributed by atoms with Gasteiger partial charge in [0, 0.05) is 16.9 Å². The number of aryl methyl sites for hydroxylation is 2. The van der Waals surface area contributed by atoms with Gasteiger partial charge in [0.25, 0.3) is 5.91 Å². The highest BCUT2D eigenvalue weighted by molar-refractivity contribution is 9.09. The van der Waals surface area contributed by atoms with E-state index in [0.29, 0.717) is 0 Å². The Bertz CT molecular complexity index is 428. The van der Waals surface area contributed by atoms with Gasteiger partial charge in [-0.3, -0.25) is 4.79 Å². The highest BCUT2D eigenvalue weighted by atomic mass is 79.9. The van der Waals surface area contributed by atoms with Crippen molar-refractivity contribution in [3.05, 3.63) is 34.9 Å². The Balaban J connectivity index is 2.87. The molecule has 0 spiro atoms. The van der Waals surface area contributed by atoms with Crippen molar-refractivity contribution in [3.8, 4) is 0 Å². The zero-order valence-corrected chi connectivity index (χ0v) is 14.1. The molecule has 106 valence electrons. The monoisotopic (exact) mass is 325 g/mol. The van der Waals surface area contributed by atoms with E-state index in [0.717, 1.165) is 28.4 Å². The molecule has 1 N–H and O–H groups in total. The fraction of sp³-hybridized carbons (Fsp3) is 0.562. The van der Waals surface area contributed by atoms with Crippen LogP contribution in [0, 0.1) is 19.3 Å². The molecule has 0 heterocycles. The lowest BCUT2D eigenvalue weighted by Crippen LogP contribution is -2.44. The van der Waals surface area contributed by atoms with Gasteiger partial charge in [-0.2, -0.15) is 0 Å². The molecule has 0 aromatic heterocycles. The molecule has 0 radical (unpaired) electrons. The minimum atomic E-state index is 0.0210. The van der Waals surface area contributed by atoms with Gasteiger partial charge in [-0.25, -0.2) is 0 Å². The van der Waals surface area contributed by atoms with Crippen molar-refractivity contribution >= 4 is 21.8 Å². The van der Waals surface area contributed by atoms with E-state index in [9.17, 15) is 4.79 Å². The third-order valence-corrected chi connectivity index (χ3v) is 3.69. The maximum absolute atomic E-state index is 12.4. The Morgan fingerprint density at radius 1 is 1.21 bits per heavy atom. The van der Waals surface area contributed by atoms with E-state index in [1.807, 2.05) is 26.0 Å². The first-order valence-electron chi connectivity index (χ1n) is 6.69. The molecule has 1 atom stereocenters. The number of benzene rings is 1. The number of carbonyl (C=O) groups excluding carboxylic acids is 1. The number of carbonyl (C=O) groups is 1. The molecular weight excluding hydrogens is 302 g/mol. The van der Waals surface area contributed by atoms with Gasteiger partial charge < -0.3 is 5.32 Å². The van der Waals surface area contributed by atoms with Crippen molar-refractivity contribution < 1.29 is 4.79 Å². The molecule has 0 saturated carbocycles. The van der Waals surface area contributed by atoms with Crippen LogP contribution in [0.3, 0.4) is 0 Å². The van der Waals surface area contributed by atoms with E-state index in [1.54, 1.807) is 0 Å². The fourth-order valence-corrected chi connectivity index (χ4v) is 2.64. The Morgan fingerprint density at radius 3 is 2.16 bits per heavy atom. The molecule has 1 amide bonds. The van der Waals surface area contributed by atoms with E-state index in [4.69, 9.17) is 0 Å². The summed E-state index contributed by atoms with van der Waals surface area (Å²) in [5.41, 5.74) is 3.06. The largest absolute Gasteiger partial charge is 0.349 e. The molecule has 0 aliphatic carbocycles. The van der Waals surface area contributed by atoms with Gasteiger partial charge in [-0.1, -0.05) is 53.9 Å². The maximum Gasteiger partial charge on any atom is 0.251 e. The summed E-state index contributed by atoms with van der Waals surface area (Å²) in [5, 5.41) is 4.05. The molecule has 1 unspecified atom stereocenters. The zero-order chi connectivity index (χ0) is 14.6. The van der Waals surface area contributed by atoms with Gasteiger partial charge in [0.2, 0.25) is 0 Å². The van der Waals surface area contributed by atoms with Crippen LogP contribution in [0.1, 0.15) is 48.7 Å². The van der Waals surface area contributed by atoms with Crippen molar-refractivity contribution in [1.82, 2.24) is 5.32 Å². The van der Waals surface area contributed by atoms with Gasteiger partial charge in [0.05, 0.1) is 0 Å². The first-order chi connectivity index (χ1) is 8.74. The van der Waals surface area contributed by atoms with Crippen LogP contribution < -0.4 is 5.32 Å². The van der Waals surface area contributed by atoms with Crippen LogP contribution >= 0.6 is 15.9 Å². The maximum atomic E-state index is 12.4. The lowest BCUT2D eigenvalue weighted by molar-refractivity contribution is 0.0900. The number of hydrogen-bond acceptors (Lipinski definition) is 1. The van der Waals surface area contributed by atoms with Crippen LogP contribution in [0.5, 0.6) is 0 Å². The molecular formula is C16H24BrNO. The Kier molecular flexibility index (Phi) is 5.60. The second-order valence-corrected chi connectivity index (χ2v) is 7.04. The smallest absolute Gasteiger partial charge is 0.251 e. The number of rotatable bonds is 4. The molecule has 3 heteroatoms. The van der Waals surface area contributed by atoms with Crippen molar-refractivity contribution in [2.24, 2.45) is 5.41 Å². The minimum absolute atomic E-state index is 0.0210. The first-order valence-corrected chi connectivity index (χ1v) is 7.81. The molecule has 1 aromatic rings. The number of hydrogen-bond donors (Lipinski definition) is 1. The lowest BCUT2D eigenvalue weighted by atomic mass is 9.85. The highest BCUT2D eigenvalue weighted by Gasteiger charge is 2.25. The van der Waals surface area contributed by atoms with Crippen LogP contribution in [0.25, 0.3) is 0 Å². The zero-order valence-electron chi connectivity index (χ0n) is 12.5. The van der Waals surface area contributed by atoms with Crippen LogP contribution in [0.4, 0.5) is 0 Å². The molecule has 1 rings (SSSR count). The van der Waals surface area contributed by atoms with Gasteiger partial charge >= 0.3 is 0 Å². The van der Waals surface area contributed by atoms with Gasteiger partial charge in [0.1, 0.15) is 0 Å². The summed E-state index contributed by atoms with van der Waals surface area (Å²) in [6, 6.07) is 6.13. The van der Waals surface area contributed by atoms with Crippen molar-refractivity contribution in [2.75, 3.05) is 5.33 Å². The molecule has 19 heavy (non-hydrogen) atoms. The summed E-state index contributed by atoms with van der Waals surface area (Å²) >= 11 is 3.46. The van der Waals surface area contributed by atoms with E-state index in [1.165, 1.54) is 0 Å². The predicted octanol–water partition coefficient (Wildman–Crippen LogP) is 4.23. The van der Waals surface area contributed by atoms with Crippen LogP contribution in [0.2, 0.25) is 0 Å². The summed E-state index contributed by atoms with van der Waals surface area (Å²) in [4.78, 5) is 12.4. The van der Waals surface area contributed by atoms with Gasteiger partial charge in [-0.05, 0) is 37.8 Å². The normalized spacial score (nSPS) is 13.2. The molecule has 1 aromatic carbocycles. The van der Waals surface area contributed by atoms with E-state index in [2.05, 4.69) is 48.1 Å². The topological polar surface area (TPSA) is 29.1 Å². The van der Waals surface area contributed by atoms with Crippen molar-refractivity contribution in [2.45, 2.75) is 47.1 Å².